The number of ether oxygens (including phenoxy) is 1. The van der Waals surface area contributed by atoms with Crippen LogP contribution in [0.25, 0.3) is 10.2 Å². The number of nitrogens with zero attached hydrogens (tertiary/aromatic N) is 3. The number of hydrogen-bond acceptors (Lipinski definition) is 6. The first-order valence-corrected chi connectivity index (χ1v) is 11.2. The molecule has 28 heavy (non-hydrogen) atoms. The highest BCUT2D eigenvalue weighted by atomic mass is 32.1. The number of para-hydroxylation sites is 1. The van der Waals surface area contributed by atoms with Gasteiger partial charge < -0.3 is 14.1 Å². The lowest BCUT2D eigenvalue weighted by atomic mass is 10.1. The Labute approximate surface area is 169 Å². The van der Waals surface area contributed by atoms with Crippen LogP contribution in [0, 0.1) is 0 Å². The van der Waals surface area contributed by atoms with Gasteiger partial charge in [0.2, 0.25) is 0 Å². The van der Waals surface area contributed by atoms with Gasteiger partial charge in [-0.1, -0.05) is 23.5 Å². The van der Waals surface area contributed by atoms with Crippen LogP contribution in [0.5, 0.6) is 0 Å². The Morgan fingerprint density at radius 1 is 1.00 bits per heavy atom. The molecule has 2 saturated heterocycles. The van der Waals surface area contributed by atoms with Crippen molar-refractivity contribution in [2.75, 3.05) is 37.7 Å². The molecular formula is C22H27N3O2S. The average molecular weight is 398 g/mol. The van der Waals surface area contributed by atoms with E-state index in [1.807, 2.05) is 0 Å². The van der Waals surface area contributed by atoms with Crippen LogP contribution in [-0.2, 0) is 11.3 Å². The van der Waals surface area contributed by atoms with E-state index in [0.717, 1.165) is 74.3 Å². The van der Waals surface area contributed by atoms with Crippen LogP contribution in [0.15, 0.2) is 40.8 Å². The lowest BCUT2D eigenvalue weighted by molar-refractivity contribution is 0.000872. The van der Waals surface area contributed by atoms with Crippen molar-refractivity contribution in [1.29, 1.82) is 0 Å². The number of hydrogen-bond donors (Lipinski definition) is 0. The van der Waals surface area contributed by atoms with Gasteiger partial charge >= 0.3 is 0 Å². The van der Waals surface area contributed by atoms with E-state index < -0.39 is 0 Å². The second kappa shape index (κ2) is 8.23. The lowest BCUT2D eigenvalue weighted by Gasteiger charge is -2.21. The Bertz CT molecular complexity index is 882. The van der Waals surface area contributed by atoms with E-state index in [1.54, 1.807) is 11.3 Å². The first kappa shape index (κ1) is 18.2. The van der Waals surface area contributed by atoms with Crippen LogP contribution >= 0.6 is 11.3 Å². The second-order valence-corrected chi connectivity index (χ2v) is 8.75. The van der Waals surface area contributed by atoms with Gasteiger partial charge in [-0.05, 0) is 49.9 Å². The molecule has 5 rings (SSSR count). The van der Waals surface area contributed by atoms with Gasteiger partial charge in [-0.25, -0.2) is 4.98 Å². The van der Waals surface area contributed by atoms with Crippen LogP contribution in [0.4, 0.5) is 5.13 Å². The summed E-state index contributed by atoms with van der Waals surface area (Å²) in [5.74, 6) is 2.05. The van der Waals surface area contributed by atoms with Crippen molar-refractivity contribution in [1.82, 2.24) is 9.88 Å². The number of furan rings is 1. The third-order valence-electron chi connectivity index (χ3n) is 5.70. The molecule has 2 fully saturated rings. The molecule has 148 valence electrons. The minimum absolute atomic E-state index is 0.154. The van der Waals surface area contributed by atoms with Crippen molar-refractivity contribution in [2.45, 2.75) is 38.3 Å². The van der Waals surface area contributed by atoms with Crippen LogP contribution in [0.1, 0.15) is 43.3 Å². The van der Waals surface area contributed by atoms with E-state index in [0.29, 0.717) is 0 Å². The van der Waals surface area contributed by atoms with Gasteiger partial charge in [0.1, 0.15) is 17.6 Å². The minimum atomic E-state index is 0.154. The van der Waals surface area contributed by atoms with Crippen molar-refractivity contribution >= 4 is 26.7 Å². The van der Waals surface area contributed by atoms with E-state index in [4.69, 9.17) is 14.1 Å². The number of anilines is 1. The number of benzene rings is 1. The molecule has 0 radical (unpaired) electrons. The lowest BCUT2D eigenvalue weighted by Crippen LogP contribution is -2.30. The van der Waals surface area contributed by atoms with Crippen LogP contribution in [-0.4, -0.2) is 42.7 Å². The van der Waals surface area contributed by atoms with Crippen LogP contribution < -0.4 is 4.90 Å². The molecule has 1 unspecified atom stereocenters. The average Bonchev–Trinajstić information content (AvgIpc) is 3.31. The van der Waals surface area contributed by atoms with Crippen LogP contribution in [0.3, 0.4) is 0 Å². The minimum Gasteiger partial charge on any atom is -0.462 e. The normalized spacial score (nSPS) is 21.9. The van der Waals surface area contributed by atoms with Gasteiger partial charge in [0.15, 0.2) is 5.13 Å². The number of rotatable bonds is 4. The molecule has 0 N–H and O–H groups in total. The molecule has 2 aromatic heterocycles. The van der Waals surface area contributed by atoms with Gasteiger partial charge in [0, 0.05) is 32.8 Å². The van der Waals surface area contributed by atoms with E-state index in [9.17, 15) is 0 Å². The molecule has 0 saturated carbocycles. The standard InChI is InChI=1S/C22H27N3O2S/c1-2-8-21-18(6-1)23-22(28-21)25-12-5-11-24(13-14-25)16-17-9-10-20(27-17)19-7-3-4-15-26-19/h1-2,6,8-10,19H,3-5,7,11-16H2. The van der Waals surface area contributed by atoms with Gasteiger partial charge in [0.25, 0.3) is 0 Å². The second-order valence-electron chi connectivity index (χ2n) is 7.74. The fraction of sp³-hybridized carbons (Fsp3) is 0.500. The summed E-state index contributed by atoms with van der Waals surface area (Å²) >= 11 is 1.80. The summed E-state index contributed by atoms with van der Waals surface area (Å²) in [5.41, 5.74) is 1.11. The molecule has 2 aliphatic rings. The summed E-state index contributed by atoms with van der Waals surface area (Å²) in [6, 6.07) is 12.6. The van der Waals surface area contributed by atoms with E-state index in [-0.39, 0.29) is 6.10 Å². The number of aromatic nitrogens is 1. The molecule has 3 aromatic rings. The number of fused-ring (bicyclic) bond motifs is 1. The zero-order valence-corrected chi connectivity index (χ0v) is 17.0. The van der Waals surface area contributed by atoms with Crippen molar-refractivity contribution in [2.24, 2.45) is 0 Å². The Hall–Kier alpha value is -1.89. The molecule has 0 bridgehead atoms. The predicted molar refractivity (Wildman–Crippen MR) is 113 cm³/mol. The largest absolute Gasteiger partial charge is 0.462 e. The summed E-state index contributed by atoms with van der Waals surface area (Å²) in [4.78, 5) is 9.77. The molecule has 0 spiro atoms. The van der Waals surface area contributed by atoms with E-state index >= 15 is 0 Å². The first-order valence-electron chi connectivity index (χ1n) is 10.4. The van der Waals surface area contributed by atoms with Crippen molar-refractivity contribution in [3.05, 3.63) is 47.9 Å². The third-order valence-corrected chi connectivity index (χ3v) is 6.80. The zero-order chi connectivity index (χ0) is 18.8. The van der Waals surface area contributed by atoms with Gasteiger partial charge in [-0.15, -0.1) is 0 Å². The molecule has 4 heterocycles. The highest BCUT2D eigenvalue weighted by molar-refractivity contribution is 7.22. The van der Waals surface area contributed by atoms with Gasteiger partial charge in [0.05, 0.1) is 16.8 Å². The maximum absolute atomic E-state index is 6.13. The summed E-state index contributed by atoms with van der Waals surface area (Å²) in [6.07, 6.45) is 4.78. The van der Waals surface area contributed by atoms with E-state index in [2.05, 4.69) is 46.2 Å². The quantitative estimate of drug-likeness (QED) is 0.630. The molecule has 5 nitrogen and oxygen atoms in total. The monoisotopic (exact) mass is 397 g/mol. The van der Waals surface area contributed by atoms with Gasteiger partial charge in [-0.2, -0.15) is 0 Å². The Balaban J connectivity index is 1.21. The fourth-order valence-corrected chi connectivity index (χ4v) is 5.17. The summed E-state index contributed by atoms with van der Waals surface area (Å²) in [7, 11) is 0. The molecule has 0 amide bonds. The Morgan fingerprint density at radius 2 is 1.96 bits per heavy atom. The van der Waals surface area contributed by atoms with Crippen molar-refractivity contribution in [3.8, 4) is 0 Å². The van der Waals surface area contributed by atoms with Gasteiger partial charge in [-0.3, -0.25) is 4.90 Å². The summed E-state index contributed by atoms with van der Waals surface area (Å²) in [6.45, 7) is 5.94. The molecule has 0 aliphatic carbocycles. The smallest absolute Gasteiger partial charge is 0.186 e. The Morgan fingerprint density at radius 3 is 2.86 bits per heavy atom. The molecule has 1 atom stereocenters. The van der Waals surface area contributed by atoms with Crippen molar-refractivity contribution in [3.63, 3.8) is 0 Å². The maximum Gasteiger partial charge on any atom is 0.186 e. The molecular weight excluding hydrogens is 370 g/mol. The third kappa shape index (κ3) is 3.95. The maximum atomic E-state index is 6.13. The topological polar surface area (TPSA) is 41.7 Å². The summed E-state index contributed by atoms with van der Waals surface area (Å²) in [5, 5.41) is 1.15. The fourth-order valence-electron chi connectivity index (χ4n) is 4.15. The molecule has 1 aromatic carbocycles. The number of thiazole rings is 1. The van der Waals surface area contributed by atoms with Crippen molar-refractivity contribution < 1.29 is 9.15 Å². The highest BCUT2D eigenvalue weighted by Crippen LogP contribution is 2.31. The van der Waals surface area contributed by atoms with E-state index in [1.165, 1.54) is 17.5 Å². The van der Waals surface area contributed by atoms with Crippen LogP contribution in [0.2, 0.25) is 0 Å². The predicted octanol–water partition coefficient (Wildman–Crippen LogP) is 4.84. The summed E-state index contributed by atoms with van der Waals surface area (Å²) < 4.78 is 13.3. The Kier molecular flexibility index (Phi) is 5.34. The highest BCUT2D eigenvalue weighted by Gasteiger charge is 2.22. The zero-order valence-electron chi connectivity index (χ0n) is 16.2. The SMILES string of the molecule is c1ccc2sc(N3CCCN(Cc4ccc(C5CCCCO5)o4)CC3)nc2c1. The molecule has 6 heteroatoms. The molecule has 2 aliphatic heterocycles. The first-order chi connectivity index (χ1) is 13.8.